The topological polar surface area (TPSA) is 70.8 Å². The molecule has 1 aliphatic rings. The lowest BCUT2D eigenvalue weighted by molar-refractivity contribution is -0.152. The number of ether oxygens (including phenoxy) is 3. The van der Waals surface area contributed by atoms with Gasteiger partial charge in [0.2, 0.25) is 0 Å². The van der Waals surface area contributed by atoms with Crippen LogP contribution in [0.3, 0.4) is 0 Å². The molecule has 5 heteroatoms. The summed E-state index contributed by atoms with van der Waals surface area (Å²) >= 11 is 0. The van der Waals surface area contributed by atoms with E-state index in [1.807, 2.05) is 38.1 Å². The molecule has 2 N–H and O–H groups in total. The van der Waals surface area contributed by atoms with Crippen molar-refractivity contribution in [1.29, 1.82) is 0 Å². The fourth-order valence-corrected chi connectivity index (χ4v) is 2.98. The van der Waals surface area contributed by atoms with Crippen LogP contribution in [0.1, 0.15) is 38.2 Å². The van der Waals surface area contributed by atoms with Gasteiger partial charge in [-0.25, -0.2) is 0 Å². The standard InChI is InChI=1S/C16H23NO4/c1-15(2)9-13(11-5-7-12(19-3)8-6-11)16(17,21-15)10-14(18)20-4/h5-8,13H,9-10,17H2,1-4H3/t13-,16?/m0/s1. The number of rotatable bonds is 4. The Morgan fingerprint density at radius 2 is 1.95 bits per heavy atom. The molecule has 1 aromatic carbocycles. The van der Waals surface area contributed by atoms with E-state index in [1.54, 1.807) is 7.11 Å². The molecule has 1 aliphatic heterocycles. The second-order valence-electron chi connectivity index (χ2n) is 6.10. The third-order valence-electron chi connectivity index (χ3n) is 3.92. The van der Waals surface area contributed by atoms with Gasteiger partial charge < -0.3 is 19.9 Å². The number of benzene rings is 1. The summed E-state index contributed by atoms with van der Waals surface area (Å²) < 4.78 is 15.9. The zero-order valence-corrected chi connectivity index (χ0v) is 13.0. The van der Waals surface area contributed by atoms with Crippen LogP contribution in [0.5, 0.6) is 5.75 Å². The Labute approximate surface area is 125 Å². The molecule has 0 saturated carbocycles. The van der Waals surface area contributed by atoms with Crippen molar-refractivity contribution >= 4 is 5.97 Å². The molecule has 116 valence electrons. The van der Waals surface area contributed by atoms with E-state index in [9.17, 15) is 4.79 Å². The molecule has 1 fully saturated rings. The second kappa shape index (κ2) is 5.66. The third kappa shape index (κ3) is 3.36. The van der Waals surface area contributed by atoms with Crippen molar-refractivity contribution in [2.45, 2.75) is 43.9 Å². The first-order chi connectivity index (χ1) is 9.79. The van der Waals surface area contributed by atoms with Gasteiger partial charge in [0.05, 0.1) is 26.2 Å². The minimum Gasteiger partial charge on any atom is -0.497 e. The summed E-state index contributed by atoms with van der Waals surface area (Å²) in [5.41, 5.74) is 6.01. The molecule has 0 aromatic heterocycles. The Morgan fingerprint density at radius 1 is 1.33 bits per heavy atom. The summed E-state index contributed by atoms with van der Waals surface area (Å²) in [4.78, 5) is 11.7. The van der Waals surface area contributed by atoms with Crippen LogP contribution >= 0.6 is 0 Å². The van der Waals surface area contributed by atoms with Crippen LogP contribution in [0.4, 0.5) is 0 Å². The van der Waals surface area contributed by atoms with E-state index in [4.69, 9.17) is 19.9 Å². The predicted molar refractivity (Wildman–Crippen MR) is 79.1 cm³/mol. The van der Waals surface area contributed by atoms with E-state index in [0.29, 0.717) is 0 Å². The molecule has 21 heavy (non-hydrogen) atoms. The zero-order valence-electron chi connectivity index (χ0n) is 13.0. The SMILES string of the molecule is COC(=O)CC1(N)OC(C)(C)C[C@H]1c1ccc(OC)cc1. The lowest BCUT2D eigenvalue weighted by Crippen LogP contribution is -2.47. The van der Waals surface area contributed by atoms with Gasteiger partial charge >= 0.3 is 5.97 Å². The van der Waals surface area contributed by atoms with E-state index in [-0.39, 0.29) is 23.9 Å². The van der Waals surface area contributed by atoms with E-state index in [1.165, 1.54) is 7.11 Å². The van der Waals surface area contributed by atoms with Crippen LogP contribution in [0.15, 0.2) is 24.3 Å². The predicted octanol–water partition coefficient (Wildman–Crippen LogP) is 2.20. The van der Waals surface area contributed by atoms with Gasteiger partial charge in [0, 0.05) is 5.92 Å². The minimum absolute atomic E-state index is 0.0314. The van der Waals surface area contributed by atoms with Gasteiger partial charge in [-0.2, -0.15) is 0 Å². The van der Waals surface area contributed by atoms with Crippen molar-refractivity contribution in [1.82, 2.24) is 0 Å². The van der Waals surface area contributed by atoms with E-state index >= 15 is 0 Å². The number of methoxy groups -OCH3 is 2. The van der Waals surface area contributed by atoms with Crippen LogP contribution in [0.25, 0.3) is 0 Å². The summed E-state index contributed by atoms with van der Waals surface area (Å²) in [5, 5.41) is 0. The lowest BCUT2D eigenvalue weighted by atomic mass is 9.83. The van der Waals surface area contributed by atoms with Crippen molar-refractivity contribution in [2.24, 2.45) is 5.73 Å². The van der Waals surface area contributed by atoms with Crippen LogP contribution in [0.2, 0.25) is 0 Å². The van der Waals surface area contributed by atoms with Crippen molar-refractivity contribution < 1.29 is 19.0 Å². The summed E-state index contributed by atoms with van der Waals surface area (Å²) in [6.45, 7) is 3.96. The third-order valence-corrected chi connectivity index (χ3v) is 3.92. The Kier molecular flexibility index (Phi) is 4.25. The van der Waals surface area contributed by atoms with Crippen LogP contribution in [-0.2, 0) is 14.3 Å². The van der Waals surface area contributed by atoms with E-state index in [0.717, 1.165) is 17.7 Å². The van der Waals surface area contributed by atoms with Crippen molar-refractivity contribution in [3.8, 4) is 5.75 Å². The molecule has 5 nitrogen and oxygen atoms in total. The van der Waals surface area contributed by atoms with Gasteiger partial charge in [0.25, 0.3) is 0 Å². The molecular weight excluding hydrogens is 270 g/mol. The Hall–Kier alpha value is -1.59. The summed E-state index contributed by atoms with van der Waals surface area (Å²) in [7, 11) is 2.98. The number of hydrogen-bond acceptors (Lipinski definition) is 5. The molecule has 2 atom stereocenters. The first-order valence-electron chi connectivity index (χ1n) is 6.99. The lowest BCUT2D eigenvalue weighted by Gasteiger charge is -2.30. The Bertz CT molecular complexity index is 512. The molecule has 2 rings (SSSR count). The van der Waals surface area contributed by atoms with Gasteiger partial charge in [-0.1, -0.05) is 12.1 Å². The van der Waals surface area contributed by atoms with Crippen molar-refractivity contribution in [3.63, 3.8) is 0 Å². The summed E-state index contributed by atoms with van der Waals surface area (Å²) in [5.74, 6) is 0.346. The maximum Gasteiger partial charge on any atom is 0.309 e. The second-order valence-corrected chi connectivity index (χ2v) is 6.10. The highest BCUT2D eigenvalue weighted by molar-refractivity contribution is 5.70. The molecule has 0 radical (unpaired) electrons. The average molecular weight is 293 g/mol. The molecule has 1 unspecified atom stereocenters. The number of nitrogens with two attached hydrogens (primary N) is 1. The number of carbonyl (C=O) groups excluding carboxylic acids is 1. The monoisotopic (exact) mass is 293 g/mol. The Morgan fingerprint density at radius 3 is 2.48 bits per heavy atom. The average Bonchev–Trinajstić information content (AvgIpc) is 2.68. The normalized spacial score (nSPS) is 27.4. The first-order valence-corrected chi connectivity index (χ1v) is 6.99. The van der Waals surface area contributed by atoms with E-state index < -0.39 is 5.72 Å². The minimum atomic E-state index is -1.05. The quantitative estimate of drug-likeness (QED) is 0.862. The molecule has 1 saturated heterocycles. The number of esters is 1. The summed E-state index contributed by atoms with van der Waals surface area (Å²) in [6, 6.07) is 7.71. The molecule has 0 amide bonds. The van der Waals surface area contributed by atoms with Crippen LogP contribution in [0, 0.1) is 0 Å². The highest BCUT2D eigenvalue weighted by atomic mass is 16.6. The zero-order chi connectivity index (χ0) is 15.7. The number of hydrogen-bond donors (Lipinski definition) is 1. The highest BCUT2D eigenvalue weighted by Gasteiger charge is 2.51. The molecule has 1 aromatic rings. The van der Waals surface area contributed by atoms with Gasteiger partial charge in [-0.15, -0.1) is 0 Å². The van der Waals surface area contributed by atoms with Gasteiger partial charge in [-0.05, 0) is 38.0 Å². The molecular formula is C16H23NO4. The largest absolute Gasteiger partial charge is 0.497 e. The maximum atomic E-state index is 11.7. The first kappa shape index (κ1) is 15.8. The van der Waals surface area contributed by atoms with Crippen LogP contribution in [-0.4, -0.2) is 31.5 Å². The van der Waals surface area contributed by atoms with Gasteiger partial charge in [0.15, 0.2) is 0 Å². The Balaban J connectivity index is 2.30. The fourth-order valence-electron chi connectivity index (χ4n) is 2.98. The molecule has 0 spiro atoms. The molecule has 0 bridgehead atoms. The molecule has 1 heterocycles. The highest BCUT2D eigenvalue weighted by Crippen LogP contribution is 2.47. The summed E-state index contributed by atoms with van der Waals surface area (Å²) in [6.07, 6.45) is 0.774. The van der Waals surface area contributed by atoms with E-state index in [2.05, 4.69) is 0 Å². The maximum absolute atomic E-state index is 11.7. The van der Waals surface area contributed by atoms with Gasteiger partial charge in [0.1, 0.15) is 11.5 Å². The van der Waals surface area contributed by atoms with Crippen molar-refractivity contribution in [3.05, 3.63) is 29.8 Å². The fraction of sp³-hybridized carbons (Fsp3) is 0.562. The van der Waals surface area contributed by atoms with Crippen molar-refractivity contribution in [2.75, 3.05) is 14.2 Å². The smallest absolute Gasteiger partial charge is 0.309 e. The number of carbonyl (C=O) groups is 1. The van der Waals surface area contributed by atoms with Gasteiger partial charge in [-0.3, -0.25) is 4.79 Å². The van der Waals surface area contributed by atoms with Crippen LogP contribution < -0.4 is 10.5 Å². The molecule has 0 aliphatic carbocycles.